The summed E-state index contributed by atoms with van der Waals surface area (Å²) in [5.74, 6) is 1.44. The molecule has 0 fully saturated rings. The van der Waals surface area contributed by atoms with Crippen molar-refractivity contribution in [3.63, 3.8) is 0 Å². The zero-order chi connectivity index (χ0) is 22.1. The van der Waals surface area contributed by atoms with E-state index in [9.17, 15) is 4.79 Å². The number of benzene rings is 3. The van der Waals surface area contributed by atoms with Crippen LogP contribution >= 0.6 is 0 Å². The van der Waals surface area contributed by atoms with Crippen LogP contribution in [0.25, 0.3) is 0 Å². The number of rotatable bonds is 10. The van der Waals surface area contributed by atoms with Crippen LogP contribution in [0.15, 0.2) is 66.7 Å². The molecule has 0 radical (unpaired) electrons. The minimum absolute atomic E-state index is 0.140. The third kappa shape index (κ3) is 6.40. The summed E-state index contributed by atoms with van der Waals surface area (Å²) in [5, 5.41) is 6.19. The molecule has 0 spiro atoms. The Bertz CT molecular complexity index is 1000. The lowest BCUT2D eigenvalue weighted by molar-refractivity contribution is -0.118. The van der Waals surface area contributed by atoms with Gasteiger partial charge in [0, 0.05) is 12.2 Å². The number of nitrogens with one attached hydrogen (secondary N) is 2. The van der Waals surface area contributed by atoms with Crippen molar-refractivity contribution >= 4 is 17.3 Å². The normalized spacial score (nSPS) is 10.3. The lowest BCUT2D eigenvalue weighted by atomic mass is 10.2. The fourth-order valence-corrected chi connectivity index (χ4v) is 3.00. The number of aryl methyl sites for hydroxylation is 1. The van der Waals surface area contributed by atoms with Gasteiger partial charge < -0.3 is 24.8 Å². The quantitative estimate of drug-likeness (QED) is 0.481. The van der Waals surface area contributed by atoms with Gasteiger partial charge in [0.2, 0.25) is 0 Å². The summed E-state index contributed by atoms with van der Waals surface area (Å²) in [5.41, 5.74) is 3.92. The number of methoxy groups -OCH3 is 1. The largest absolute Gasteiger partial charge is 0.495 e. The molecule has 6 heteroatoms. The minimum atomic E-state index is -0.280. The number of hydrogen-bond donors (Lipinski definition) is 2. The minimum Gasteiger partial charge on any atom is -0.495 e. The van der Waals surface area contributed by atoms with Crippen LogP contribution in [0.2, 0.25) is 0 Å². The molecule has 31 heavy (non-hydrogen) atoms. The molecule has 0 heterocycles. The SMILES string of the molecule is CCOc1cc(CNc2ccc(C)cc2)ccc1OCC(=O)Nc1ccccc1OC. The highest BCUT2D eigenvalue weighted by molar-refractivity contribution is 5.93. The van der Waals surface area contributed by atoms with Crippen LogP contribution in [0, 0.1) is 6.92 Å². The summed E-state index contributed by atoms with van der Waals surface area (Å²) in [6.07, 6.45) is 0. The Morgan fingerprint density at radius 1 is 0.903 bits per heavy atom. The lowest BCUT2D eigenvalue weighted by Crippen LogP contribution is -2.20. The van der Waals surface area contributed by atoms with Crippen molar-refractivity contribution in [1.82, 2.24) is 0 Å². The highest BCUT2D eigenvalue weighted by atomic mass is 16.5. The van der Waals surface area contributed by atoms with E-state index < -0.39 is 0 Å². The van der Waals surface area contributed by atoms with E-state index in [0.29, 0.717) is 36.1 Å². The van der Waals surface area contributed by atoms with Crippen molar-refractivity contribution in [2.45, 2.75) is 20.4 Å². The van der Waals surface area contributed by atoms with E-state index in [0.717, 1.165) is 11.3 Å². The number of ether oxygens (including phenoxy) is 3. The molecule has 6 nitrogen and oxygen atoms in total. The summed E-state index contributed by atoms with van der Waals surface area (Å²) >= 11 is 0. The van der Waals surface area contributed by atoms with Gasteiger partial charge in [0.05, 0.1) is 19.4 Å². The fraction of sp³-hybridized carbons (Fsp3) is 0.240. The van der Waals surface area contributed by atoms with E-state index in [1.165, 1.54) is 5.56 Å². The Kier molecular flexibility index (Phi) is 7.76. The molecule has 0 saturated carbocycles. The van der Waals surface area contributed by atoms with Crippen LogP contribution < -0.4 is 24.8 Å². The molecule has 3 aromatic carbocycles. The maximum absolute atomic E-state index is 12.3. The summed E-state index contributed by atoms with van der Waals surface area (Å²) < 4.78 is 16.7. The van der Waals surface area contributed by atoms with Gasteiger partial charge in [-0.15, -0.1) is 0 Å². The zero-order valence-corrected chi connectivity index (χ0v) is 18.1. The molecule has 1 amide bonds. The molecule has 0 aliphatic heterocycles. The molecule has 0 unspecified atom stereocenters. The van der Waals surface area contributed by atoms with E-state index in [2.05, 4.69) is 41.8 Å². The van der Waals surface area contributed by atoms with Gasteiger partial charge in [0.1, 0.15) is 5.75 Å². The Balaban J connectivity index is 1.61. The molecule has 2 N–H and O–H groups in total. The van der Waals surface area contributed by atoms with Crippen LogP contribution in [0.4, 0.5) is 11.4 Å². The van der Waals surface area contributed by atoms with E-state index in [-0.39, 0.29) is 12.5 Å². The molecule has 0 aromatic heterocycles. The van der Waals surface area contributed by atoms with Crippen molar-refractivity contribution in [3.05, 3.63) is 77.9 Å². The molecule has 0 aliphatic rings. The zero-order valence-electron chi connectivity index (χ0n) is 18.1. The maximum Gasteiger partial charge on any atom is 0.262 e. The van der Waals surface area contributed by atoms with Crippen LogP contribution in [0.1, 0.15) is 18.1 Å². The molecular formula is C25H28N2O4. The second kappa shape index (κ2) is 10.9. The van der Waals surface area contributed by atoms with Gasteiger partial charge in [-0.3, -0.25) is 4.79 Å². The molecule has 0 atom stereocenters. The first-order chi connectivity index (χ1) is 15.1. The summed E-state index contributed by atoms with van der Waals surface area (Å²) in [4.78, 5) is 12.3. The number of carbonyl (C=O) groups is 1. The smallest absolute Gasteiger partial charge is 0.262 e. The van der Waals surface area contributed by atoms with Crippen molar-refractivity contribution in [2.24, 2.45) is 0 Å². The first-order valence-corrected chi connectivity index (χ1v) is 10.2. The van der Waals surface area contributed by atoms with E-state index in [1.807, 2.05) is 37.3 Å². The molecule has 3 rings (SSSR count). The van der Waals surface area contributed by atoms with Gasteiger partial charge >= 0.3 is 0 Å². The second-order valence-corrected chi connectivity index (χ2v) is 6.97. The molecular weight excluding hydrogens is 392 g/mol. The summed E-state index contributed by atoms with van der Waals surface area (Å²) in [6.45, 7) is 4.98. The Morgan fingerprint density at radius 2 is 1.68 bits per heavy atom. The fourth-order valence-electron chi connectivity index (χ4n) is 3.00. The molecule has 0 saturated heterocycles. The van der Waals surface area contributed by atoms with Gasteiger partial charge in [0.15, 0.2) is 18.1 Å². The van der Waals surface area contributed by atoms with Crippen LogP contribution in [-0.2, 0) is 11.3 Å². The molecule has 3 aromatic rings. The van der Waals surface area contributed by atoms with E-state index in [1.54, 1.807) is 19.2 Å². The predicted molar refractivity (Wildman–Crippen MR) is 123 cm³/mol. The molecule has 162 valence electrons. The van der Waals surface area contributed by atoms with E-state index in [4.69, 9.17) is 14.2 Å². The highest BCUT2D eigenvalue weighted by Gasteiger charge is 2.11. The average Bonchev–Trinajstić information content (AvgIpc) is 2.78. The van der Waals surface area contributed by atoms with E-state index >= 15 is 0 Å². The number of carbonyl (C=O) groups excluding carboxylic acids is 1. The number of amides is 1. The first kappa shape index (κ1) is 22.0. The second-order valence-electron chi connectivity index (χ2n) is 6.97. The van der Waals surface area contributed by atoms with Gasteiger partial charge in [-0.2, -0.15) is 0 Å². The third-order valence-corrected chi connectivity index (χ3v) is 4.60. The van der Waals surface area contributed by atoms with Crippen molar-refractivity contribution in [3.8, 4) is 17.2 Å². The third-order valence-electron chi connectivity index (χ3n) is 4.60. The number of hydrogen-bond acceptors (Lipinski definition) is 5. The van der Waals surface area contributed by atoms with Crippen LogP contribution in [0.5, 0.6) is 17.2 Å². The number of anilines is 2. The lowest BCUT2D eigenvalue weighted by Gasteiger charge is -2.15. The molecule has 0 bridgehead atoms. The Labute approximate surface area is 183 Å². The topological polar surface area (TPSA) is 68.8 Å². The average molecular weight is 421 g/mol. The Hall–Kier alpha value is -3.67. The summed E-state index contributed by atoms with van der Waals surface area (Å²) in [6, 6.07) is 21.2. The van der Waals surface area contributed by atoms with Gasteiger partial charge in [0.25, 0.3) is 5.91 Å². The summed E-state index contributed by atoms with van der Waals surface area (Å²) in [7, 11) is 1.56. The maximum atomic E-state index is 12.3. The van der Waals surface area contributed by atoms with Crippen molar-refractivity contribution < 1.29 is 19.0 Å². The Morgan fingerprint density at radius 3 is 2.42 bits per heavy atom. The first-order valence-electron chi connectivity index (χ1n) is 10.2. The number of para-hydroxylation sites is 2. The standard InChI is InChI=1S/C25H28N2O4/c1-4-30-24-15-19(16-26-20-12-9-18(2)10-13-20)11-14-23(24)31-17-25(28)27-21-7-5-6-8-22(21)29-3/h5-15,26H,4,16-17H2,1-3H3,(H,27,28). The van der Waals surface area contributed by atoms with Crippen molar-refractivity contribution in [1.29, 1.82) is 0 Å². The van der Waals surface area contributed by atoms with Crippen LogP contribution in [-0.4, -0.2) is 26.2 Å². The van der Waals surface area contributed by atoms with Gasteiger partial charge in [-0.1, -0.05) is 35.9 Å². The predicted octanol–water partition coefficient (Wildman–Crippen LogP) is 5.03. The monoisotopic (exact) mass is 420 g/mol. The van der Waals surface area contributed by atoms with Gasteiger partial charge in [-0.05, 0) is 55.8 Å². The van der Waals surface area contributed by atoms with Crippen molar-refractivity contribution in [2.75, 3.05) is 31.0 Å². The van der Waals surface area contributed by atoms with Crippen LogP contribution in [0.3, 0.4) is 0 Å². The molecule has 0 aliphatic carbocycles. The highest BCUT2D eigenvalue weighted by Crippen LogP contribution is 2.29. The van der Waals surface area contributed by atoms with Gasteiger partial charge in [-0.25, -0.2) is 0 Å².